The van der Waals surface area contributed by atoms with E-state index in [9.17, 15) is 9.90 Å². The summed E-state index contributed by atoms with van der Waals surface area (Å²) in [5, 5.41) is 9.28. The van der Waals surface area contributed by atoms with Crippen LogP contribution in [0.15, 0.2) is 24.3 Å². The fraction of sp³-hybridized carbons (Fsp3) is 0.462. The Morgan fingerprint density at radius 3 is 2.75 bits per heavy atom. The molecule has 0 aliphatic carbocycles. The van der Waals surface area contributed by atoms with E-state index in [1.54, 1.807) is 13.8 Å². The van der Waals surface area contributed by atoms with Crippen LogP contribution in [0.4, 0.5) is 5.69 Å². The van der Waals surface area contributed by atoms with Crippen LogP contribution in [0.2, 0.25) is 0 Å². The smallest absolute Gasteiger partial charge is 0.328 e. The Morgan fingerprint density at radius 1 is 1.38 bits per heavy atom. The van der Waals surface area contributed by atoms with E-state index in [4.69, 9.17) is 0 Å². The minimum absolute atomic E-state index is 0.774. The first-order valence-electron chi connectivity index (χ1n) is 5.62. The first-order valence-corrected chi connectivity index (χ1v) is 5.62. The van der Waals surface area contributed by atoms with Crippen molar-refractivity contribution in [3.8, 4) is 0 Å². The molecular weight excluding hydrogens is 202 g/mol. The van der Waals surface area contributed by atoms with Gasteiger partial charge in [-0.25, -0.2) is 4.79 Å². The Bertz CT molecular complexity index is 412. The van der Waals surface area contributed by atoms with Crippen LogP contribution < -0.4 is 4.90 Å². The van der Waals surface area contributed by atoms with Crippen LogP contribution in [0.3, 0.4) is 0 Å². The lowest BCUT2D eigenvalue weighted by Crippen LogP contribution is -2.52. The fourth-order valence-electron chi connectivity index (χ4n) is 2.23. The van der Waals surface area contributed by atoms with E-state index in [2.05, 4.69) is 6.07 Å². The molecule has 1 heterocycles. The highest BCUT2D eigenvalue weighted by Crippen LogP contribution is 2.32. The maximum absolute atomic E-state index is 11.3. The molecular formula is C13H17NO2. The highest BCUT2D eigenvalue weighted by molar-refractivity contribution is 5.83. The number of benzene rings is 1. The zero-order valence-corrected chi connectivity index (χ0v) is 9.73. The van der Waals surface area contributed by atoms with Gasteiger partial charge in [0.05, 0.1) is 0 Å². The Balaban J connectivity index is 2.42. The molecule has 1 aliphatic heterocycles. The van der Waals surface area contributed by atoms with Crippen molar-refractivity contribution in [2.75, 3.05) is 11.4 Å². The summed E-state index contributed by atoms with van der Waals surface area (Å²) in [6, 6.07) is 8.07. The molecule has 0 saturated heterocycles. The molecule has 0 unspecified atom stereocenters. The molecule has 86 valence electrons. The topological polar surface area (TPSA) is 40.5 Å². The van der Waals surface area contributed by atoms with Gasteiger partial charge in [0.2, 0.25) is 0 Å². The second kappa shape index (κ2) is 3.81. The van der Waals surface area contributed by atoms with Gasteiger partial charge in [-0.05, 0) is 38.3 Å². The van der Waals surface area contributed by atoms with Gasteiger partial charge in [0, 0.05) is 12.2 Å². The number of rotatable bonds is 2. The van der Waals surface area contributed by atoms with Gasteiger partial charge in [-0.1, -0.05) is 18.2 Å². The molecule has 1 aromatic carbocycles. The van der Waals surface area contributed by atoms with Crippen molar-refractivity contribution in [3.05, 3.63) is 29.8 Å². The lowest BCUT2D eigenvalue weighted by molar-refractivity contribution is -0.142. The van der Waals surface area contributed by atoms with E-state index in [1.807, 2.05) is 23.1 Å². The molecule has 16 heavy (non-hydrogen) atoms. The number of carboxylic acid groups (broad SMARTS) is 1. The normalized spacial score (nSPS) is 15.8. The molecule has 1 aliphatic rings. The molecule has 0 aromatic heterocycles. The first-order chi connectivity index (χ1) is 7.53. The van der Waals surface area contributed by atoms with Gasteiger partial charge in [0.15, 0.2) is 0 Å². The van der Waals surface area contributed by atoms with Crippen molar-refractivity contribution in [3.63, 3.8) is 0 Å². The third kappa shape index (κ3) is 1.66. The van der Waals surface area contributed by atoms with Crippen LogP contribution >= 0.6 is 0 Å². The molecule has 0 atom stereocenters. The van der Waals surface area contributed by atoms with Crippen molar-refractivity contribution in [2.24, 2.45) is 0 Å². The number of carboxylic acids is 1. The third-order valence-corrected chi connectivity index (χ3v) is 3.31. The molecule has 0 spiro atoms. The zero-order valence-electron chi connectivity index (χ0n) is 9.73. The predicted octanol–water partition coefficient (Wildman–Crippen LogP) is 2.30. The van der Waals surface area contributed by atoms with Crippen LogP contribution in [-0.2, 0) is 11.2 Å². The second-order valence-electron chi connectivity index (χ2n) is 4.75. The summed E-state index contributed by atoms with van der Waals surface area (Å²) in [7, 11) is 0. The molecule has 0 amide bonds. The lowest BCUT2D eigenvalue weighted by atomic mass is 9.94. The number of hydrogen-bond donors (Lipinski definition) is 1. The second-order valence-corrected chi connectivity index (χ2v) is 4.75. The monoisotopic (exact) mass is 219 g/mol. The lowest BCUT2D eigenvalue weighted by Gasteiger charge is -2.40. The average molecular weight is 219 g/mol. The quantitative estimate of drug-likeness (QED) is 0.829. The van der Waals surface area contributed by atoms with Gasteiger partial charge in [-0.15, -0.1) is 0 Å². The maximum atomic E-state index is 11.3. The summed E-state index contributed by atoms with van der Waals surface area (Å²) >= 11 is 0. The van der Waals surface area contributed by atoms with Gasteiger partial charge in [-0.3, -0.25) is 0 Å². The first kappa shape index (κ1) is 11.0. The van der Waals surface area contributed by atoms with E-state index in [-0.39, 0.29) is 0 Å². The summed E-state index contributed by atoms with van der Waals surface area (Å²) < 4.78 is 0. The highest BCUT2D eigenvalue weighted by atomic mass is 16.4. The van der Waals surface area contributed by atoms with Crippen molar-refractivity contribution in [1.29, 1.82) is 0 Å². The molecule has 2 rings (SSSR count). The summed E-state index contributed by atoms with van der Waals surface area (Å²) in [4.78, 5) is 13.3. The molecule has 0 bridgehead atoms. The molecule has 0 radical (unpaired) electrons. The van der Waals surface area contributed by atoms with Crippen LogP contribution in [0.25, 0.3) is 0 Å². The summed E-state index contributed by atoms with van der Waals surface area (Å²) in [6.45, 7) is 4.34. The number of para-hydroxylation sites is 1. The Labute approximate surface area is 95.7 Å². The van der Waals surface area contributed by atoms with Crippen molar-refractivity contribution < 1.29 is 9.90 Å². The van der Waals surface area contributed by atoms with Gasteiger partial charge in [0.25, 0.3) is 0 Å². The maximum Gasteiger partial charge on any atom is 0.328 e. The number of aliphatic carboxylic acids is 1. The minimum atomic E-state index is -0.837. The van der Waals surface area contributed by atoms with Crippen molar-refractivity contribution in [2.45, 2.75) is 32.2 Å². The molecule has 1 aromatic rings. The van der Waals surface area contributed by atoms with E-state index in [1.165, 1.54) is 5.56 Å². The minimum Gasteiger partial charge on any atom is -0.480 e. The average Bonchev–Trinajstić information content (AvgIpc) is 2.28. The van der Waals surface area contributed by atoms with Crippen LogP contribution in [-0.4, -0.2) is 23.2 Å². The molecule has 0 fully saturated rings. The van der Waals surface area contributed by atoms with Gasteiger partial charge in [-0.2, -0.15) is 0 Å². The molecule has 3 nitrogen and oxygen atoms in total. The summed E-state index contributed by atoms with van der Waals surface area (Å²) in [5.41, 5.74) is 1.49. The predicted molar refractivity (Wildman–Crippen MR) is 63.8 cm³/mol. The summed E-state index contributed by atoms with van der Waals surface area (Å²) in [6.07, 6.45) is 2.07. The van der Waals surface area contributed by atoms with Gasteiger partial charge < -0.3 is 10.0 Å². The fourth-order valence-corrected chi connectivity index (χ4v) is 2.23. The van der Waals surface area contributed by atoms with Crippen LogP contribution in [0.1, 0.15) is 25.8 Å². The third-order valence-electron chi connectivity index (χ3n) is 3.31. The molecule has 3 heteroatoms. The van der Waals surface area contributed by atoms with Gasteiger partial charge in [0.1, 0.15) is 5.54 Å². The number of hydrogen-bond acceptors (Lipinski definition) is 2. The number of anilines is 1. The zero-order chi connectivity index (χ0) is 11.8. The van der Waals surface area contributed by atoms with E-state index >= 15 is 0 Å². The number of carbonyl (C=O) groups is 1. The van der Waals surface area contributed by atoms with E-state index in [0.29, 0.717) is 0 Å². The van der Waals surface area contributed by atoms with Crippen molar-refractivity contribution >= 4 is 11.7 Å². The molecule has 1 N–H and O–H groups in total. The van der Waals surface area contributed by atoms with Crippen LogP contribution in [0.5, 0.6) is 0 Å². The summed E-state index contributed by atoms with van der Waals surface area (Å²) in [5.74, 6) is -0.774. The number of aryl methyl sites for hydroxylation is 1. The Hall–Kier alpha value is -1.51. The standard InChI is InChI=1S/C13H17NO2/c1-13(2,12(15)16)14-9-5-7-10-6-3-4-8-11(10)14/h3-4,6,8H,5,7,9H2,1-2H3,(H,15,16). The Kier molecular flexibility index (Phi) is 2.62. The number of nitrogens with zero attached hydrogens (tertiary/aromatic N) is 1. The van der Waals surface area contributed by atoms with Crippen LogP contribution in [0, 0.1) is 0 Å². The number of fused-ring (bicyclic) bond motifs is 1. The van der Waals surface area contributed by atoms with E-state index < -0.39 is 11.5 Å². The van der Waals surface area contributed by atoms with Crippen molar-refractivity contribution in [1.82, 2.24) is 0 Å². The SMILES string of the molecule is CC(C)(C(=O)O)N1CCCc2ccccc21. The Morgan fingerprint density at radius 2 is 2.06 bits per heavy atom. The largest absolute Gasteiger partial charge is 0.480 e. The van der Waals surface area contributed by atoms with Gasteiger partial charge >= 0.3 is 5.97 Å². The van der Waals surface area contributed by atoms with E-state index in [0.717, 1.165) is 25.1 Å². The highest BCUT2D eigenvalue weighted by Gasteiger charge is 2.36. The molecule has 0 saturated carbocycles.